The zero-order chi connectivity index (χ0) is 15.4. The van der Waals surface area contributed by atoms with Crippen LogP contribution in [0.25, 0.3) is 0 Å². The van der Waals surface area contributed by atoms with Gasteiger partial charge in [-0.15, -0.1) is 0 Å². The molecule has 120 valence electrons. The van der Waals surface area contributed by atoms with E-state index in [0.29, 0.717) is 13.1 Å². The maximum atomic E-state index is 12.3. The standard InChI is InChI=1S/C13H28N2O4S/c1-5-13(6-2,10-16)9-14-20(17,18)15-7-11(3)19-12(4)8-15/h11-12,14,16H,5-10H2,1-4H3. The molecule has 0 aliphatic carbocycles. The van der Waals surface area contributed by atoms with E-state index in [4.69, 9.17) is 4.74 Å². The number of nitrogens with zero attached hydrogens (tertiary/aromatic N) is 1. The zero-order valence-corrected chi connectivity index (χ0v) is 13.7. The predicted molar refractivity (Wildman–Crippen MR) is 78.6 cm³/mol. The first kappa shape index (κ1) is 17.8. The fourth-order valence-corrected chi connectivity index (χ4v) is 3.93. The molecule has 1 saturated heterocycles. The van der Waals surface area contributed by atoms with Crippen LogP contribution in [0.15, 0.2) is 0 Å². The predicted octanol–water partition coefficient (Wildman–Crippen LogP) is 0.729. The summed E-state index contributed by atoms with van der Waals surface area (Å²) in [5.41, 5.74) is -0.378. The first-order chi connectivity index (χ1) is 9.28. The van der Waals surface area contributed by atoms with Gasteiger partial charge in [-0.05, 0) is 26.7 Å². The number of ether oxygens (including phenoxy) is 1. The monoisotopic (exact) mass is 308 g/mol. The lowest BCUT2D eigenvalue weighted by molar-refractivity contribution is -0.0445. The SMILES string of the molecule is CCC(CC)(CO)CNS(=O)(=O)N1CC(C)OC(C)C1. The van der Waals surface area contributed by atoms with E-state index in [1.165, 1.54) is 4.31 Å². The summed E-state index contributed by atoms with van der Waals surface area (Å²) in [7, 11) is -3.52. The summed E-state index contributed by atoms with van der Waals surface area (Å²) in [6, 6.07) is 0. The Kier molecular flexibility index (Phi) is 6.40. The van der Waals surface area contributed by atoms with Crippen molar-refractivity contribution in [2.75, 3.05) is 26.2 Å². The van der Waals surface area contributed by atoms with Crippen molar-refractivity contribution in [3.63, 3.8) is 0 Å². The average molecular weight is 308 g/mol. The molecule has 1 heterocycles. The molecule has 0 aromatic heterocycles. The van der Waals surface area contributed by atoms with E-state index < -0.39 is 10.2 Å². The third-order valence-electron chi connectivity index (χ3n) is 4.19. The quantitative estimate of drug-likeness (QED) is 0.727. The molecule has 0 aromatic carbocycles. The number of aliphatic hydroxyl groups excluding tert-OH is 1. The smallest absolute Gasteiger partial charge is 0.279 e. The van der Waals surface area contributed by atoms with Gasteiger partial charge in [-0.1, -0.05) is 13.8 Å². The molecule has 0 spiro atoms. The highest BCUT2D eigenvalue weighted by atomic mass is 32.2. The lowest BCUT2D eigenvalue weighted by Crippen LogP contribution is -2.53. The minimum Gasteiger partial charge on any atom is -0.396 e. The van der Waals surface area contributed by atoms with Crippen molar-refractivity contribution in [1.82, 2.24) is 9.03 Å². The largest absolute Gasteiger partial charge is 0.396 e. The van der Waals surface area contributed by atoms with E-state index in [9.17, 15) is 13.5 Å². The van der Waals surface area contributed by atoms with Crippen LogP contribution < -0.4 is 4.72 Å². The first-order valence-electron chi connectivity index (χ1n) is 7.29. The molecular formula is C13H28N2O4S. The number of aliphatic hydroxyl groups is 1. The first-order valence-corrected chi connectivity index (χ1v) is 8.73. The van der Waals surface area contributed by atoms with Gasteiger partial charge in [0, 0.05) is 31.7 Å². The molecule has 0 saturated carbocycles. The summed E-state index contributed by atoms with van der Waals surface area (Å²) in [4.78, 5) is 0. The van der Waals surface area contributed by atoms with Crippen molar-refractivity contribution in [2.24, 2.45) is 5.41 Å². The van der Waals surface area contributed by atoms with Crippen molar-refractivity contribution >= 4 is 10.2 Å². The molecule has 0 aromatic rings. The molecule has 1 rings (SSSR count). The molecule has 7 heteroatoms. The van der Waals surface area contributed by atoms with Gasteiger partial charge < -0.3 is 9.84 Å². The number of hydrogen-bond donors (Lipinski definition) is 2. The molecule has 0 amide bonds. The number of morpholine rings is 1. The highest BCUT2D eigenvalue weighted by molar-refractivity contribution is 7.87. The lowest BCUT2D eigenvalue weighted by atomic mass is 9.84. The maximum absolute atomic E-state index is 12.3. The van der Waals surface area contributed by atoms with Crippen LogP contribution >= 0.6 is 0 Å². The number of nitrogens with one attached hydrogen (secondary N) is 1. The van der Waals surface area contributed by atoms with Crippen LogP contribution in [0.4, 0.5) is 0 Å². The molecule has 1 aliphatic heterocycles. The van der Waals surface area contributed by atoms with E-state index in [0.717, 1.165) is 12.8 Å². The molecular weight excluding hydrogens is 280 g/mol. The third kappa shape index (κ3) is 4.39. The van der Waals surface area contributed by atoms with Crippen molar-refractivity contribution in [1.29, 1.82) is 0 Å². The molecule has 20 heavy (non-hydrogen) atoms. The van der Waals surface area contributed by atoms with Gasteiger partial charge in [-0.2, -0.15) is 12.7 Å². The summed E-state index contributed by atoms with van der Waals surface area (Å²) in [5, 5.41) is 9.50. The van der Waals surface area contributed by atoms with Gasteiger partial charge in [0.25, 0.3) is 10.2 Å². The summed E-state index contributed by atoms with van der Waals surface area (Å²) in [6.07, 6.45) is 1.27. The molecule has 0 radical (unpaired) electrons. The van der Waals surface area contributed by atoms with Crippen molar-refractivity contribution < 1.29 is 18.3 Å². The Morgan fingerprint density at radius 3 is 2.15 bits per heavy atom. The van der Waals surface area contributed by atoms with E-state index in [-0.39, 0.29) is 30.8 Å². The van der Waals surface area contributed by atoms with Crippen molar-refractivity contribution in [3.8, 4) is 0 Å². The van der Waals surface area contributed by atoms with E-state index in [1.807, 2.05) is 27.7 Å². The van der Waals surface area contributed by atoms with Crippen molar-refractivity contribution in [2.45, 2.75) is 52.7 Å². The summed E-state index contributed by atoms with van der Waals surface area (Å²) in [5.74, 6) is 0. The zero-order valence-electron chi connectivity index (χ0n) is 12.9. The Morgan fingerprint density at radius 2 is 1.75 bits per heavy atom. The lowest BCUT2D eigenvalue weighted by Gasteiger charge is -2.36. The Bertz CT molecular complexity index is 377. The van der Waals surface area contributed by atoms with Crippen LogP contribution in [-0.2, 0) is 14.9 Å². The second kappa shape index (κ2) is 7.17. The van der Waals surface area contributed by atoms with Crippen LogP contribution in [0.5, 0.6) is 0 Å². The maximum Gasteiger partial charge on any atom is 0.279 e. The van der Waals surface area contributed by atoms with E-state index >= 15 is 0 Å². The van der Waals surface area contributed by atoms with Crippen LogP contribution in [-0.4, -0.2) is 56.3 Å². The van der Waals surface area contributed by atoms with Crippen LogP contribution in [0, 0.1) is 5.41 Å². The summed E-state index contributed by atoms with van der Waals surface area (Å²) in [6.45, 7) is 8.65. The highest BCUT2D eigenvalue weighted by Crippen LogP contribution is 2.25. The van der Waals surface area contributed by atoms with E-state index in [1.54, 1.807) is 0 Å². The fourth-order valence-electron chi connectivity index (χ4n) is 2.44. The Labute approximate surface area is 122 Å². The number of hydrogen-bond acceptors (Lipinski definition) is 4. The molecule has 2 unspecified atom stereocenters. The molecule has 1 aliphatic rings. The summed E-state index contributed by atoms with van der Waals surface area (Å²) < 4.78 is 34.3. The Hall–Kier alpha value is -0.210. The third-order valence-corrected chi connectivity index (χ3v) is 5.68. The van der Waals surface area contributed by atoms with Gasteiger partial charge in [0.2, 0.25) is 0 Å². The second-order valence-corrected chi connectivity index (χ2v) is 7.52. The molecule has 0 bridgehead atoms. The normalized spacial score (nSPS) is 25.9. The van der Waals surface area contributed by atoms with Gasteiger partial charge >= 0.3 is 0 Å². The summed E-state index contributed by atoms with van der Waals surface area (Å²) >= 11 is 0. The topological polar surface area (TPSA) is 78.9 Å². The number of rotatable bonds is 7. The highest BCUT2D eigenvalue weighted by Gasteiger charge is 2.33. The van der Waals surface area contributed by atoms with Gasteiger partial charge in [0.05, 0.1) is 12.2 Å². The van der Waals surface area contributed by atoms with Gasteiger partial charge in [0.1, 0.15) is 0 Å². The van der Waals surface area contributed by atoms with E-state index in [2.05, 4.69) is 4.72 Å². The van der Waals surface area contributed by atoms with Crippen LogP contribution in [0.1, 0.15) is 40.5 Å². The van der Waals surface area contributed by atoms with Gasteiger partial charge in [0.15, 0.2) is 0 Å². The van der Waals surface area contributed by atoms with Gasteiger partial charge in [-0.3, -0.25) is 0 Å². The Balaban J connectivity index is 2.70. The fraction of sp³-hybridized carbons (Fsp3) is 1.00. The molecule has 1 fully saturated rings. The minimum atomic E-state index is -3.52. The average Bonchev–Trinajstić information content (AvgIpc) is 2.40. The molecule has 6 nitrogen and oxygen atoms in total. The van der Waals surface area contributed by atoms with Crippen LogP contribution in [0.3, 0.4) is 0 Å². The van der Waals surface area contributed by atoms with Gasteiger partial charge in [-0.25, -0.2) is 4.72 Å². The van der Waals surface area contributed by atoms with Crippen LogP contribution in [0.2, 0.25) is 0 Å². The molecule has 2 atom stereocenters. The van der Waals surface area contributed by atoms with Crippen molar-refractivity contribution in [3.05, 3.63) is 0 Å². The second-order valence-electron chi connectivity index (χ2n) is 5.77. The minimum absolute atomic E-state index is 0.0154. The Morgan fingerprint density at radius 1 is 1.25 bits per heavy atom. The molecule has 2 N–H and O–H groups in total.